The van der Waals surface area contributed by atoms with Crippen molar-refractivity contribution in [3.05, 3.63) is 65.5 Å². The summed E-state index contributed by atoms with van der Waals surface area (Å²) in [7, 11) is 0. The van der Waals surface area contributed by atoms with E-state index in [0.717, 1.165) is 11.1 Å². The van der Waals surface area contributed by atoms with E-state index in [2.05, 4.69) is 5.32 Å². The molecule has 0 aromatic heterocycles. The first-order chi connectivity index (χ1) is 12.5. The topological polar surface area (TPSA) is 55.4 Å². The summed E-state index contributed by atoms with van der Waals surface area (Å²) in [5.41, 5.74) is 1.60. The Kier molecular flexibility index (Phi) is 7.60. The number of Topliss-reactive ketones (excluding diaryl/α,β-unsaturated/α-hetero) is 1. The molecule has 0 fully saturated rings. The predicted molar refractivity (Wildman–Crippen MR) is 98.8 cm³/mol. The second kappa shape index (κ2) is 9.92. The van der Waals surface area contributed by atoms with Crippen LogP contribution in [-0.2, 0) is 22.6 Å². The molecule has 26 heavy (non-hydrogen) atoms. The monoisotopic (exact) mass is 377 g/mol. The Balaban J connectivity index is 1.84. The van der Waals surface area contributed by atoms with Crippen LogP contribution in [0.4, 0.5) is 4.39 Å². The van der Waals surface area contributed by atoms with Gasteiger partial charge in [-0.1, -0.05) is 24.3 Å². The molecule has 1 amide bonds. The van der Waals surface area contributed by atoms with Gasteiger partial charge in [0.05, 0.1) is 0 Å². The number of hydrogen-bond donors (Lipinski definition) is 1. The van der Waals surface area contributed by atoms with E-state index in [0.29, 0.717) is 5.75 Å². The minimum atomic E-state index is -0.351. The fraction of sp³-hybridized carbons (Fsp3) is 0.300. The molecule has 2 rings (SSSR count). The minimum Gasteiger partial charge on any atom is -0.489 e. The molecule has 138 valence electrons. The third kappa shape index (κ3) is 6.84. The molecular weight excluding hydrogens is 357 g/mol. The Morgan fingerprint density at radius 2 is 1.88 bits per heavy atom. The summed E-state index contributed by atoms with van der Waals surface area (Å²) < 4.78 is 18.8. The number of hydrogen-bond acceptors (Lipinski definition) is 3. The van der Waals surface area contributed by atoms with Crippen LogP contribution in [0.3, 0.4) is 0 Å². The highest BCUT2D eigenvalue weighted by Gasteiger charge is 2.14. The molecule has 0 bridgehead atoms. The largest absolute Gasteiger partial charge is 0.489 e. The van der Waals surface area contributed by atoms with E-state index < -0.39 is 0 Å². The molecule has 6 heteroatoms. The summed E-state index contributed by atoms with van der Waals surface area (Å²) >= 11 is 5.77. The Morgan fingerprint density at radius 1 is 1.15 bits per heavy atom. The van der Waals surface area contributed by atoms with E-state index >= 15 is 0 Å². The van der Waals surface area contributed by atoms with Crippen LogP contribution in [0.15, 0.2) is 48.5 Å². The van der Waals surface area contributed by atoms with E-state index in [4.69, 9.17) is 16.3 Å². The van der Waals surface area contributed by atoms with Gasteiger partial charge in [0.2, 0.25) is 5.91 Å². The van der Waals surface area contributed by atoms with Gasteiger partial charge >= 0.3 is 0 Å². The van der Waals surface area contributed by atoms with Gasteiger partial charge in [-0.2, -0.15) is 0 Å². The molecule has 0 aliphatic rings. The zero-order chi connectivity index (χ0) is 18.9. The number of nitrogens with one attached hydrogen (secondary N) is 1. The average Bonchev–Trinajstić information content (AvgIpc) is 2.60. The highest BCUT2D eigenvalue weighted by molar-refractivity contribution is 6.18. The number of amides is 1. The van der Waals surface area contributed by atoms with Crippen molar-refractivity contribution in [1.82, 2.24) is 5.32 Å². The summed E-state index contributed by atoms with van der Waals surface area (Å²) in [6, 6.07) is 13.1. The van der Waals surface area contributed by atoms with Crippen molar-refractivity contribution in [3.8, 4) is 5.75 Å². The van der Waals surface area contributed by atoms with Crippen molar-refractivity contribution in [2.24, 2.45) is 0 Å². The Labute approximate surface area is 157 Å². The molecule has 0 heterocycles. The molecular formula is C20H21ClFNO3. The van der Waals surface area contributed by atoms with Gasteiger partial charge in [-0.05, 0) is 35.4 Å². The first-order valence-corrected chi connectivity index (χ1v) is 8.80. The van der Waals surface area contributed by atoms with Gasteiger partial charge < -0.3 is 10.1 Å². The highest BCUT2D eigenvalue weighted by atomic mass is 35.5. The van der Waals surface area contributed by atoms with Gasteiger partial charge in [-0.15, -0.1) is 11.6 Å². The van der Waals surface area contributed by atoms with Crippen LogP contribution >= 0.6 is 11.6 Å². The summed E-state index contributed by atoms with van der Waals surface area (Å²) in [6.07, 6.45) is 0.456. The molecule has 0 saturated heterocycles. The van der Waals surface area contributed by atoms with Crippen molar-refractivity contribution >= 4 is 23.3 Å². The molecule has 0 aliphatic carbocycles. The van der Waals surface area contributed by atoms with Crippen LogP contribution in [-0.4, -0.2) is 23.6 Å². The zero-order valence-electron chi connectivity index (χ0n) is 14.5. The number of benzene rings is 2. The number of ether oxygens (including phenoxy) is 1. The number of ketones is 1. The molecule has 1 N–H and O–H groups in total. The second-order valence-corrected chi connectivity index (χ2v) is 6.34. The quantitative estimate of drug-likeness (QED) is 0.679. The Hall–Kier alpha value is -2.40. The lowest BCUT2D eigenvalue weighted by Gasteiger charge is -2.14. The van der Waals surface area contributed by atoms with Crippen LogP contribution in [0.1, 0.15) is 24.5 Å². The van der Waals surface area contributed by atoms with Gasteiger partial charge in [0.15, 0.2) is 0 Å². The molecule has 0 spiro atoms. The average molecular weight is 378 g/mol. The van der Waals surface area contributed by atoms with Crippen molar-refractivity contribution in [1.29, 1.82) is 0 Å². The molecule has 0 radical (unpaired) electrons. The zero-order valence-corrected chi connectivity index (χ0v) is 15.3. The predicted octanol–water partition coefficient (Wildman–Crippen LogP) is 3.65. The SMILES string of the molecule is CC(=O)N[C@H](CCl)CC(=O)Cc1ccc(OCc2cccc(F)c2)cc1. The van der Waals surface area contributed by atoms with E-state index in [9.17, 15) is 14.0 Å². The van der Waals surface area contributed by atoms with Crippen LogP contribution < -0.4 is 10.1 Å². The Bertz CT molecular complexity index is 749. The van der Waals surface area contributed by atoms with Gasteiger partial charge in [0, 0.05) is 31.7 Å². The summed E-state index contributed by atoms with van der Waals surface area (Å²) in [4.78, 5) is 23.2. The van der Waals surface area contributed by atoms with Crippen molar-refractivity contribution in [2.45, 2.75) is 32.4 Å². The molecule has 1 atom stereocenters. The molecule has 2 aromatic rings. The van der Waals surface area contributed by atoms with Crippen LogP contribution in [0.25, 0.3) is 0 Å². The van der Waals surface area contributed by atoms with E-state index in [-0.39, 0.29) is 48.9 Å². The van der Waals surface area contributed by atoms with Crippen molar-refractivity contribution in [2.75, 3.05) is 5.88 Å². The number of carbonyl (C=O) groups excluding carboxylic acids is 2. The van der Waals surface area contributed by atoms with Gasteiger partial charge in [-0.3, -0.25) is 9.59 Å². The molecule has 0 saturated carbocycles. The van der Waals surface area contributed by atoms with Crippen LogP contribution in [0, 0.1) is 5.82 Å². The first kappa shape index (κ1) is 19.9. The number of alkyl halides is 1. The fourth-order valence-electron chi connectivity index (χ4n) is 2.50. The highest BCUT2D eigenvalue weighted by Crippen LogP contribution is 2.16. The van der Waals surface area contributed by atoms with Crippen molar-refractivity contribution < 1.29 is 18.7 Å². The van der Waals surface area contributed by atoms with Crippen LogP contribution in [0.5, 0.6) is 5.75 Å². The van der Waals surface area contributed by atoms with Gasteiger partial charge in [0.25, 0.3) is 0 Å². The van der Waals surface area contributed by atoms with Gasteiger partial charge in [-0.25, -0.2) is 4.39 Å². The lowest BCUT2D eigenvalue weighted by Crippen LogP contribution is -2.36. The smallest absolute Gasteiger partial charge is 0.217 e. The van der Waals surface area contributed by atoms with E-state index in [1.165, 1.54) is 19.1 Å². The van der Waals surface area contributed by atoms with Gasteiger partial charge in [0.1, 0.15) is 24.0 Å². The molecule has 0 aliphatic heterocycles. The first-order valence-electron chi connectivity index (χ1n) is 8.27. The van der Waals surface area contributed by atoms with Crippen LogP contribution in [0.2, 0.25) is 0 Å². The Morgan fingerprint density at radius 3 is 2.50 bits per heavy atom. The minimum absolute atomic E-state index is 0.00201. The third-order valence-corrected chi connectivity index (χ3v) is 4.06. The van der Waals surface area contributed by atoms with E-state index in [1.54, 1.807) is 24.3 Å². The second-order valence-electron chi connectivity index (χ2n) is 6.03. The molecule has 0 unspecified atom stereocenters. The van der Waals surface area contributed by atoms with Crippen molar-refractivity contribution in [3.63, 3.8) is 0 Å². The maximum atomic E-state index is 13.1. The molecule has 4 nitrogen and oxygen atoms in total. The number of carbonyl (C=O) groups is 2. The summed E-state index contributed by atoms with van der Waals surface area (Å²) in [5, 5.41) is 2.65. The number of halogens is 2. The lowest BCUT2D eigenvalue weighted by molar-refractivity contribution is -0.120. The standard InChI is InChI=1S/C20H21ClFNO3/c1-14(24)23-18(12-21)11-19(25)10-15-5-7-20(8-6-15)26-13-16-3-2-4-17(22)9-16/h2-9,18H,10-13H2,1H3,(H,23,24)/t18-/m0/s1. The molecule has 2 aromatic carbocycles. The summed E-state index contributed by atoms with van der Waals surface area (Å²) in [6.45, 7) is 1.66. The fourth-order valence-corrected chi connectivity index (χ4v) is 2.69. The maximum Gasteiger partial charge on any atom is 0.217 e. The normalized spacial score (nSPS) is 11.7. The summed E-state index contributed by atoms with van der Waals surface area (Å²) in [5.74, 6) is 0.330. The third-order valence-electron chi connectivity index (χ3n) is 3.69. The number of rotatable bonds is 9. The van der Waals surface area contributed by atoms with E-state index in [1.807, 2.05) is 12.1 Å². The maximum absolute atomic E-state index is 13.1. The lowest BCUT2D eigenvalue weighted by atomic mass is 10.0.